The number of nitrogens with zero attached hydrogens (tertiary/aromatic N) is 1. The minimum atomic E-state index is 0.910. The summed E-state index contributed by atoms with van der Waals surface area (Å²) < 4.78 is 0. The van der Waals surface area contributed by atoms with Crippen LogP contribution in [0.4, 0.5) is 0 Å². The molecule has 2 N–H and O–H groups in total. The van der Waals surface area contributed by atoms with Crippen LogP contribution in [0.1, 0.15) is 27.7 Å². The van der Waals surface area contributed by atoms with Crippen molar-refractivity contribution in [1.29, 1.82) is 0 Å². The van der Waals surface area contributed by atoms with Crippen LogP contribution in [0.3, 0.4) is 0 Å². The molecule has 0 atom stereocenters. The van der Waals surface area contributed by atoms with Crippen LogP contribution in [0, 0.1) is 0 Å². The van der Waals surface area contributed by atoms with E-state index in [-0.39, 0.29) is 0 Å². The first-order valence-corrected chi connectivity index (χ1v) is 4.85. The molecule has 0 heterocycles. The summed E-state index contributed by atoms with van der Waals surface area (Å²) in [6.07, 6.45) is 6.05. The molecule has 0 aliphatic heterocycles. The lowest BCUT2D eigenvalue weighted by atomic mass is 10.5. The second kappa shape index (κ2) is 7.68. The first-order chi connectivity index (χ1) is 6.29. The fourth-order valence-electron chi connectivity index (χ4n) is 1.05. The summed E-state index contributed by atoms with van der Waals surface area (Å²) in [5.74, 6) is 1.09. The van der Waals surface area contributed by atoms with Crippen molar-refractivity contribution in [1.82, 2.24) is 15.8 Å². The molecule has 0 rings (SSSR count). The lowest BCUT2D eigenvalue weighted by molar-refractivity contribution is 0.322. The van der Waals surface area contributed by atoms with Gasteiger partial charge in [0, 0.05) is 19.3 Å². The molecule has 0 bridgehead atoms. The van der Waals surface area contributed by atoms with Crippen molar-refractivity contribution in [2.24, 2.45) is 0 Å². The minimum Gasteiger partial charge on any atom is -0.371 e. The maximum Gasteiger partial charge on any atom is 0.116 e. The molecule has 0 saturated heterocycles. The number of allylic oxidation sites excluding steroid dienone is 2. The van der Waals surface area contributed by atoms with E-state index < -0.39 is 0 Å². The maximum atomic E-state index is 3.28. The highest BCUT2D eigenvalue weighted by molar-refractivity contribution is 5.00. The zero-order valence-corrected chi connectivity index (χ0v) is 9.09. The Labute approximate surface area is 81.5 Å². The SMILES string of the molecule is C/C=C\N(NCC)/C(=C\C)NCC. The van der Waals surface area contributed by atoms with Crippen LogP contribution in [-0.2, 0) is 0 Å². The molecule has 0 fully saturated rings. The van der Waals surface area contributed by atoms with Gasteiger partial charge >= 0.3 is 0 Å². The monoisotopic (exact) mass is 183 g/mol. The Morgan fingerprint density at radius 1 is 1.23 bits per heavy atom. The Morgan fingerprint density at radius 3 is 2.31 bits per heavy atom. The quantitative estimate of drug-likeness (QED) is 0.615. The Bertz CT molecular complexity index is 173. The van der Waals surface area contributed by atoms with Crippen LogP contribution in [0.15, 0.2) is 24.2 Å². The second-order valence-corrected chi connectivity index (χ2v) is 2.57. The summed E-state index contributed by atoms with van der Waals surface area (Å²) >= 11 is 0. The molecule has 76 valence electrons. The maximum absolute atomic E-state index is 3.28. The largest absolute Gasteiger partial charge is 0.371 e. The smallest absolute Gasteiger partial charge is 0.116 e. The predicted octanol–water partition coefficient (Wildman–Crippen LogP) is 1.82. The summed E-state index contributed by atoms with van der Waals surface area (Å²) in [5, 5.41) is 5.26. The van der Waals surface area contributed by atoms with E-state index in [0.717, 1.165) is 18.9 Å². The topological polar surface area (TPSA) is 27.3 Å². The van der Waals surface area contributed by atoms with Gasteiger partial charge in [-0.2, -0.15) is 0 Å². The first kappa shape index (κ1) is 12.0. The van der Waals surface area contributed by atoms with Gasteiger partial charge in [-0.15, -0.1) is 0 Å². The van der Waals surface area contributed by atoms with E-state index in [0.29, 0.717) is 0 Å². The molecule has 3 nitrogen and oxygen atoms in total. The fraction of sp³-hybridized carbons (Fsp3) is 0.600. The summed E-state index contributed by atoms with van der Waals surface area (Å²) in [6.45, 7) is 10.0. The zero-order chi connectivity index (χ0) is 10.1. The highest BCUT2D eigenvalue weighted by atomic mass is 15.5. The second-order valence-electron chi connectivity index (χ2n) is 2.57. The van der Waals surface area contributed by atoms with Gasteiger partial charge in [-0.3, -0.25) is 5.01 Å². The molecular formula is C10H21N3. The van der Waals surface area contributed by atoms with Crippen molar-refractivity contribution < 1.29 is 0 Å². The average Bonchev–Trinajstić information content (AvgIpc) is 2.14. The summed E-state index contributed by atoms with van der Waals surface area (Å²) in [5.41, 5.74) is 3.24. The molecule has 0 aromatic heterocycles. The van der Waals surface area contributed by atoms with Crippen LogP contribution >= 0.6 is 0 Å². The molecule has 0 saturated carbocycles. The third-order valence-electron chi connectivity index (χ3n) is 1.52. The van der Waals surface area contributed by atoms with E-state index in [2.05, 4.69) is 24.6 Å². The average molecular weight is 183 g/mol. The van der Waals surface area contributed by atoms with Crippen LogP contribution < -0.4 is 10.7 Å². The number of hydrogen-bond acceptors (Lipinski definition) is 3. The third kappa shape index (κ3) is 4.58. The highest BCUT2D eigenvalue weighted by Crippen LogP contribution is 1.97. The van der Waals surface area contributed by atoms with E-state index in [1.165, 1.54) is 0 Å². The summed E-state index contributed by atoms with van der Waals surface area (Å²) in [4.78, 5) is 0. The normalized spacial score (nSPS) is 12.2. The van der Waals surface area contributed by atoms with Gasteiger partial charge in [-0.1, -0.05) is 13.0 Å². The standard InChI is InChI=1S/C10H21N3/c1-5-9-13(12-8-4)10(6-2)11-7-3/h5-6,9,11-12H,7-8H2,1-4H3/b9-5-,10-6-. The van der Waals surface area contributed by atoms with Crippen LogP contribution in [0.25, 0.3) is 0 Å². The predicted molar refractivity (Wildman–Crippen MR) is 57.8 cm³/mol. The van der Waals surface area contributed by atoms with Crippen LogP contribution in [0.5, 0.6) is 0 Å². The first-order valence-electron chi connectivity index (χ1n) is 4.85. The van der Waals surface area contributed by atoms with Crippen LogP contribution in [-0.4, -0.2) is 18.1 Å². The number of hydrazine groups is 1. The summed E-state index contributed by atoms with van der Waals surface area (Å²) in [6, 6.07) is 0. The van der Waals surface area contributed by atoms with E-state index in [1.54, 1.807) is 0 Å². The van der Waals surface area contributed by atoms with Gasteiger partial charge in [-0.05, 0) is 26.8 Å². The van der Waals surface area contributed by atoms with E-state index in [4.69, 9.17) is 0 Å². The van der Waals surface area contributed by atoms with Gasteiger partial charge in [0.05, 0.1) is 0 Å². The van der Waals surface area contributed by atoms with Crippen molar-refractivity contribution in [2.45, 2.75) is 27.7 Å². The molecule has 3 heteroatoms. The van der Waals surface area contributed by atoms with Crippen molar-refractivity contribution in [3.63, 3.8) is 0 Å². The molecule has 0 aliphatic rings. The molecule has 0 radical (unpaired) electrons. The van der Waals surface area contributed by atoms with Gasteiger partial charge in [-0.25, -0.2) is 5.43 Å². The molecule has 0 aromatic rings. The Kier molecular flexibility index (Phi) is 7.11. The number of nitrogens with one attached hydrogen (secondary N) is 2. The molecule has 0 unspecified atom stereocenters. The molecule has 0 spiro atoms. The highest BCUT2D eigenvalue weighted by Gasteiger charge is 2.01. The Morgan fingerprint density at radius 2 is 1.92 bits per heavy atom. The van der Waals surface area contributed by atoms with Crippen molar-refractivity contribution in [3.05, 3.63) is 24.2 Å². The number of hydrogen-bond donors (Lipinski definition) is 2. The van der Waals surface area contributed by atoms with E-state index in [1.807, 2.05) is 37.2 Å². The summed E-state index contributed by atoms with van der Waals surface area (Å²) in [7, 11) is 0. The van der Waals surface area contributed by atoms with E-state index >= 15 is 0 Å². The fourth-order valence-corrected chi connectivity index (χ4v) is 1.05. The molecule has 0 amide bonds. The van der Waals surface area contributed by atoms with Gasteiger partial charge in [0.15, 0.2) is 0 Å². The Balaban J connectivity index is 4.30. The van der Waals surface area contributed by atoms with Crippen molar-refractivity contribution >= 4 is 0 Å². The minimum absolute atomic E-state index is 0.910. The van der Waals surface area contributed by atoms with Gasteiger partial charge < -0.3 is 5.32 Å². The number of rotatable bonds is 6. The lowest BCUT2D eigenvalue weighted by Gasteiger charge is -2.24. The van der Waals surface area contributed by atoms with Gasteiger partial charge in [0.1, 0.15) is 5.82 Å². The Hall–Kier alpha value is -0.960. The van der Waals surface area contributed by atoms with Crippen molar-refractivity contribution in [2.75, 3.05) is 13.1 Å². The third-order valence-corrected chi connectivity index (χ3v) is 1.52. The molecule has 13 heavy (non-hydrogen) atoms. The van der Waals surface area contributed by atoms with Crippen molar-refractivity contribution in [3.8, 4) is 0 Å². The van der Waals surface area contributed by atoms with Crippen LogP contribution in [0.2, 0.25) is 0 Å². The molecular weight excluding hydrogens is 162 g/mol. The molecule has 0 aliphatic carbocycles. The zero-order valence-electron chi connectivity index (χ0n) is 9.09. The van der Waals surface area contributed by atoms with E-state index in [9.17, 15) is 0 Å². The van der Waals surface area contributed by atoms with Gasteiger partial charge in [0.2, 0.25) is 0 Å². The molecule has 0 aromatic carbocycles. The van der Waals surface area contributed by atoms with Gasteiger partial charge in [0.25, 0.3) is 0 Å². The lowest BCUT2D eigenvalue weighted by Crippen LogP contribution is -2.38.